The summed E-state index contributed by atoms with van der Waals surface area (Å²) in [6, 6.07) is 15.7. The maximum absolute atomic E-state index is 13.5. The lowest BCUT2D eigenvalue weighted by atomic mass is 9.69. The smallest absolute Gasteiger partial charge is 0.232 e. The van der Waals surface area contributed by atoms with E-state index in [2.05, 4.69) is 13.8 Å². The third-order valence-electron chi connectivity index (χ3n) is 6.00. The number of amides is 1. The molecule has 156 valence electrons. The maximum Gasteiger partial charge on any atom is 0.232 e. The number of carbonyl (C=O) groups excluding carboxylic acids is 2. The number of ketones is 1. The zero-order chi connectivity index (χ0) is 21.5. The van der Waals surface area contributed by atoms with Crippen LogP contribution in [0.25, 0.3) is 0 Å². The number of para-hydroxylation sites is 1. The normalized spacial score (nSPS) is 20.9. The van der Waals surface area contributed by atoms with Crippen molar-refractivity contribution >= 4 is 17.4 Å². The number of benzene rings is 2. The Bertz CT molecular complexity index is 1030. The van der Waals surface area contributed by atoms with E-state index in [1.165, 1.54) is 0 Å². The SMILES string of the molecule is CCOc1ccccc1C1CC(=O)N(c2cccc(C)c2)C2=C1C(=O)CC(C)(C)C2. The third kappa shape index (κ3) is 3.67. The Hall–Kier alpha value is -2.88. The summed E-state index contributed by atoms with van der Waals surface area (Å²) in [7, 11) is 0. The van der Waals surface area contributed by atoms with Gasteiger partial charge in [-0.2, -0.15) is 0 Å². The number of hydrogen-bond donors (Lipinski definition) is 0. The van der Waals surface area contributed by atoms with Crippen molar-refractivity contribution in [2.75, 3.05) is 11.5 Å². The fourth-order valence-corrected chi connectivity index (χ4v) is 4.80. The predicted molar refractivity (Wildman–Crippen MR) is 119 cm³/mol. The van der Waals surface area contributed by atoms with Crippen molar-refractivity contribution in [3.05, 3.63) is 70.9 Å². The lowest BCUT2D eigenvalue weighted by Gasteiger charge is -2.43. The molecule has 1 aliphatic heterocycles. The van der Waals surface area contributed by atoms with Crippen molar-refractivity contribution in [1.29, 1.82) is 0 Å². The number of anilines is 1. The van der Waals surface area contributed by atoms with E-state index < -0.39 is 0 Å². The third-order valence-corrected chi connectivity index (χ3v) is 6.00. The molecule has 0 fully saturated rings. The fraction of sp³-hybridized carbons (Fsp3) is 0.385. The Morgan fingerprint density at radius 2 is 1.83 bits per heavy atom. The number of carbonyl (C=O) groups is 2. The Balaban J connectivity index is 1.91. The van der Waals surface area contributed by atoms with E-state index in [1.54, 1.807) is 4.90 Å². The van der Waals surface area contributed by atoms with Gasteiger partial charge in [0.25, 0.3) is 0 Å². The van der Waals surface area contributed by atoms with Crippen LogP contribution in [0.15, 0.2) is 59.8 Å². The molecule has 0 spiro atoms. The molecule has 1 amide bonds. The first-order valence-electron chi connectivity index (χ1n) is 10.7. The van der Waals surface area contributed by atoms with Crippen LogP contribution in [0.5, 0.6) is 5.75 Å². The molecule has 4 rings (SSSR count). The summed E-state index contributed by atoms with van der Waals surface area (Å²) in [5.74, 6) is 0.662. The standard InChI is InChI=1S/C26H29NO3/c1-5-30-23-12-7-6-11-19(23)20-14-24(29)27(18-10-8-9-17(2)13-18)21-15-26(3,4)16-22(28)25(20)21/h6-13,20H,5,14-16H2,1-4H3. The molecule has 4 heteroatoms. The molecule has 4 nitrogen and oxygen atoms in total. The van der Waals surface area contributed by atoms with Crippen molar-refractivity contribution in [3.63, 3.8) is 0 Å². The molecule has 30 heavy (non-hydrogen) atoms. The number of allylic oxidation sites excluding steroid dienone is 2. The van der Waals surface area contributed by atoms with E-state index in [4.69, 9.17) is 4.74 Å². The van der Waals surface area contributed by atoms with Gasteiger partial charge in [-0.1, -0.05) is 44.2 Å². The van der Waals surface area contributed by atoms with Gasteiger partial charge in [0.05, 0.1) is 6.61 Å². The quantitative estimate of drug-likeness (QED) is 0.672. The summed E-state index contributed by atoms with van der Waals surface area (Å²) in [5, 5.41) is 0. The number of ether oxygens (including phenoxy) is 1. The molecule has 2 aromatic carbocycles. The molecule has 1 heterocycles. The molecule has 0 saturated heterocycles. The highest BCUT2D eigenvalue weighted by atomic mass is 16.5. The van der Waals surface area contributed by atoms with Crippen LogP contribution in [0.1, 0.15) is 57.1 Å². The number of nitrogens with zero attached hydrogens (tertiary/aromatic N) is 1. The van der Waals surface area contributed by atoms with Gasteiger partial charge in [0.2, 0.25) is 5.91 Å². The van der Waals surface area contributed by atoms with Gasteiger partial charge in [-0.3, -0.25) is 14.5 Å². The average Bonchev–Trinajstić information content (AvgIpc) is 2.67. The highest BCUT2D eigenvalue weighted by Crippen LogP contribution is 2.49. The van der Waals surface area contributed by atoms with E-state index in [0.29, 0.717) is 19.4 Å². The monoisotopic (exact) mass is 403 g/mol. The van der Waals surface area contributed by atoms with Gasteiger partial charge in [0, 0.05) is 41.3 Å². The van der Waals surface area contributed by atoms with Gasteiger partial charge in [-0.25, -0.2) is 0 Å². The van der Waals surface area contributed by atoms with Crippen LogP contribution in [0.2, 0.25) is 0 Å². The minimum atomic E-state index is -0.264. The number of aryl methyl sites for hydroxylation is 1. The summed E-state index contributed by atoms with van der Waals surface area (Å²) in [5.41, 5.74) is 4.32. The van der Waals surface area contributed by atoms with Crippen molar-refractivity contribution in [3.8, 4) is 5.75 Å². The molecule has 2 aromatic rings. The molecule has 0 bridgehead atoms. The topological polar surface area (TPSA) is 46.6 Å². The lowest BCUT2D eigenvalue weighted by molar-refractivity contribution is -0.121. The van der Waals surface area contributed by atoms with Crippen molar-refractivity contribution < 1.29 is 14.3 Å². The van der Waals surface area contributed by atoms with Gasteiger partial charge < -0.3 is 4.74 Å². The predicted octanol–water partition coefficient (Wildman–Crippen LogP) is 5.56. The second-order valence-electron chi connectivity index (χ2n) is 9.10. The minimum Gasteiger partial charge on any atom is -0.494 e. The first kappa shape index (κ1) is 20.4. The minimum absolute atomic E-state index is 0.0288. The average molecular weight is 404 g/mol. The van der Waals surface area contributed by atoms with Gasteiger partial charge in [-0.05, 0) is 49.4 Å². The summed E-state index contributed by atoms with van der Waals surface area (Å²) in [6.45, 7) is 8.71. The highest BCUT2D eigenvalue weighted by molar-refractivity contribution is 6.08. The van der Waals surface area contributed by atoms with Crippen molar-refractivity contribution in [2.24, 2.45) is 5.41 Å². The van der Waals surface area contributed by atoms with E-state index >= 15 is 0 Å². The molecule has 1 atom stereocenters. The molecule has 0 aromatic heterocycles. The second kappa shape index (κ2) is 7.75. The van der Waals surface area contributed by atoms with E-state index in [-0.39, 0.29) is 29.4 Å². The maximum atomic E-state index is 13.5. The summed E-state index contributed by atoms with van der Waals surface area (Å²) in [4.78, 5) is 28.7. The zero-order valence-corrected chi connectivity index (χ0v) is 18.2. The number of Topliss-reactive ketones (excluding diaryl/α,β-unsaturated/α-hetero) is 1. The van der Waals surface area contributed by atoms with E-state index in [0.717, 1.165) is 33.8 Å². The number of hydrogen-bond acceptors (Lipinski definition) is 3. The zero-order valence-electron chi connectivity index (χ0n) is 18.2. The van der Waals surface area contributed by atoms with Gasteiger partial charge in [0.1, 0.15) is 5.75 Å². The van der Waals surface area contributed by atoms with E-state index in [1.807, 2.05) is 62.4 Å². The van der Waals surface area contributed by atoms with E-state index in [9.17, 15) is 9.59 Å². The first-order chi connectivity index (χ1) is 14.3. The molecule has 2 aliphatic rings. The van der Waals surface area contributed by atoms with Crippen LogP contribution in [0.4, 0.5) is 5.69 Å². The Morgan fingerprint density at radius 3 is 2.57 bits per heavy atom. The van der Waals surface area contributed by atoms with Crippen molar-refractivity contribution in [1.82, 2.24) is 0 Å². The molecule has 0 saturated carbocycles. The van der Waals surface area contributed by atoms with Crippen LogP contribution >= 0.6 is 0 Å². The van der Waals surface area contributed by atoms with Crippen LogP contribution in [-0.4, -0.2) is 18.3 Å². The largest absolute Gasteiger partial charge is 0.494 e. The molecule has 1 aliphatic carbocycles. The van der Waals surface area contributed by atoms with Gasteiger partial charge in [0.15, 0.2) is 5.78 Å². The Morgan fingerprint density at radius 1 is 1.07 bits per heavy atom. The molecular weight excluding hydrogens is 374 g/mol. The van der Waals surface area contributed by atoms with Crippen molar-refractivity contribution in [2.45, 2.75) is 52.9 Å². The Labute approximate surface area is 178 Å². The second-order valence-corrected chi connectivity index (χ2v) is 9.10. The van der Waals surface area contributed by atoms with Crippen LogP contribution in [0.3, 0.4) is 0 Å². The Kier molecular flexibility index (Phi) is 5.27. The molecular formula is C26H29NO3. The highest BCUT2D eigenvalue weighted by Gasteiger charge is 2.44. The molecule has 1 unspecified atom stereocenters. The van der Waals surface area contributed by atoms with Gasteiger partial charge in [-0.15, -0.1) is 0 Å². The fourth-order valence-electron chi connectivity index (χ4n) is 4.80. The van der Waals surface area contributed by atoms with Gasteiger partial charge >= 0.3 is 0 Å². The lowest BCUT2D eigenvalue weighted by Crippen LogP contribution is -2.43. The summed E-state index contributed by atoms with van der Waals surface area (Å²) < 4.78 is 5.85. The van der Waals surface area contributed by atoms with Crippen LogP contribution in [-0.2, 0) is 9.59 Å². The summed E-state index contributed by atoms with van der Waals surface area (Å²) >= 11 is 0. The number of rotatable bonds is 4. The van der Waals surface area contributed by atoms with Crippen LogP contribution < -0.4 is 9.64 Å². The first-order valence-corrected chi connectivity index (χ1v) is 10.7. The molecule has 0 N–H and O–H groups in total. The molecule has 0 radical (unpaired) electrons. The van der Waals surface area contributed by atoms with Crippen LogP contribution in [0, 0.1) is 12.3 Å². The summed E-state index contributed by atoms with van der Waals surface area (Å²) in [6.07, 6.45) is 1.46.